The molecule has 0 aromatic heterocycles. The smallest absolute Gasteiger partial charge is 0.154 e. The Morgan fingerprint density at radius 3 is 2.09 bits per heavy atom. The first kappa shape index (κ1) is 13.3. The normalized spacial score (nSPS) is 44.9. The van der Waals surface area contributed by atoms with Crippen molar-refractivity contribution in [3.05, 3.63) is 35.9 Å². The molecule has 1 aromatic rings. The topological polar surface area (TPSA) is 23.6 Å². The molecule has 5 fully saturated rings. The number of rotatable bonds is 1. The van der Waals surface area contributed by atoms with Crippen molar-refractivity contribution in [3.8, 4) is 0 Å². The molecule has 2 atom stereocenters. The lowest BCUT2D eigenvalue weighted by molar-refractivity contribution is -0.215. The van der Waals surface area contributed by atoms with Gasteiger partial charge in [0.25, 0.3) is 0 Å². The molecule has 116 valence electrons. The summed E-state index contributed by atoms with van der Waals surface area (Å²) in [6.45, 7) is 6.00. The fourth-order valence-corrected chi connectivity index (χ4v) is 6.00. The number of benzene rings is 1. The zero-order valence-corrected chi connectivity index (χ0v) is 13.3. The molecule has 0 radical (unpaired) electrons. The Morgan fingerprint density at radius 2 is 1.50 bits per heavy atom. The van der Waals surface area contributed by atoms with Gasteiger partial charge in [-0.15, -0.1) is 0 Å². The Balaban J connectivity index is 1.66. The first-order valence-corrected chi connectivity index (χ1v) is 8.70. The van der Waals surface area contributed by atoms with Crippen LogP contribution in [0.5, 0.6) is 0 Å². The van der Waals surface area contributed by atoms with E-state index >= 15 is 0 Å². The van der Waals surface area contributed by atoms with Crippen molar-refractivity contribution in [1.82, 2.24) is 9.80 Å². The van der Waals surface area contributed by atoms with Crippen LogP contribution in [0.2, 0.25) is 0 Å². The summed E-state index contributed by atoms with van der Waals surface area (Å²) in [6, 6.07) is 10.5. The molecule has 1 spiro atoms. The molecule has 0 N–H and O–H groups in total. The molecule has 3 nitrogen and oxygen atoms in total. The van der Waals surface area contributed by atoms with Crippen LogP contribution in [0.3, 0.4) is 0 Å². The van der Waals surface area contributed by atoms with Crippen LogP contribution in [0.15, 0.2) is 30.3 Å². The Labute approximate surface area is 132 Å². The van der Waals surface area contributed by atoms with Gasteiger partial charge in [-0.3, -0.25) is 14.6 Å². The van der Waals surface area contributed by atoms with Crippen molar-refractivity contribution in [2.45, 2.75) is 43.7 Å². The quantitative estimate of drug-likeness (QED) is 0.795. The minimum absolute atomic E-state index is 0.180. The van der Waals surface area contributed by atoms with Gasteiger partial charge in [-0.25, -0.2) is 0 Å². The summed E-state index contributed by atoms with van der Waals surface area (Å²) in [5.41, 5.74) is 1.03. The maximum absolute atomic E-state index is 13.4. The number of carbonyl (C=O) groups is 1. The molecule has 5 aliphatic rings. The summed E-state index contributed by atoms with van der Waals surface area (Å²) >= 11 is 0. The van der Waals surface area contributed by atoms with Gasteiger partial charge < -0.3 is 0 Å². The first-order chi connectivity index (χ1) is 10.6. The fourth-order valence-electron chi connectivity index (χ4n) is 6.00. The summed E-state index contributed by atoms with van der Waals surface area (Å²) in [5.74, 6) is 0.492. The van der Waals surface area contributed by atoms with Gasteiger partial charge in [0, 0.05) is 26.2 Å². The van der Waals surface area contributed by atoms with E-state index in [1.165, 1.54) is 31.2 Å². The van der Waals surface area contributed by atoms with Crippen LogP contribution in [-0.2, 0) is 10.2 Å². The second-order valence-corrected chi connectivity index (χ2v) is 8.24. The number of Topliss-reactive ketones (excluding diaryl/α,β-unsaturated/α-hetero) is 1. The van der Waals surface area contributed by atoms with E-state index in [1.807, 2.05) is 0 Å². The minimum Gasteiger partial charge on any atom is -0.298 e. The molecule has 2 unspecified atom stereocenters. The Morgan fingerprint density at radius 1 is 0.909 bits per heavy atom. The van der Waals surface area contributed by atoms with E-state index in [1.54, 1.807) is 0 Å². The molecule has 4 saturated heterocycles. The van der Waals surface area contributed by atoms with Crippen LogP contribution in [0.25, 0.3) is 0 Å². The molecule has 22 heavy (non-hydrogen) atoms. The van der Waals surface area contributed by atoms with Gasteiger partial charge >= 0.3 is 0 Å². The van der Waals surface area contributed by atoms with Crippen LogP contribution >= 0.6 is 0 Å². The average Bonchev–Trinajstić information content (AvgIpc) is 2.99. The largest absolute Gasteiger partial charge is 0.298 e. The zero-order chi connectivity index (χ0) is 15.0. The van der Waals surface area contributed by atoms with Gasteiger partial charge in [-0.05, 0) is 18.4 Å². The molecule has 4 aliphatic heterocycles. The highest BCUT2D eigenvalue weighted by molar-refractivity contribution is 5.97. The highest BCUT2D eigenvalue weighted by Crippen LogP contribution is 2.56. The Kier molecular flexibility index (Phi) is 2.42. The van der Waals surface area contributed by atoms with E-state index < -0.39 is 0 Å². The molecule has 0 amide bonds. The Bertz CT molecular complexity index is 614. The zero-order valence-electron chi connectivity index (χ0n) is 13.3. The summed E-state index contributed by atoms with van der Waals surface area (Å²) in [4.78, 5) is 18.7. The first-order valence-electron chi connectivity index (χ1n) is 8.70. The summed E-state index contributed by atoms with van der Waals surface area (Å²) in [5, 5.41) is 0. The summed E-state index contributed by atoms with van der Waals surface area (Å²) < 4.78 is 0. The number of piperidine rings is 2. The van der Waals surface area contributed by atoms with Gasteiger partial charge in [0.2, 0.25) is 0 Å². The maximum atomic E-state index is 13.4. The SMILES string of the molecule is CC12CN3CC(c4ccccc4)(CN(C1)C31CCCC1)C2=O. The molecular weight excluding hydrogens is 272 g/mol. The molecule has 6 rings (SSSR count). The predicted molar refractivity (Wildman–Crippen MR) is 85.6 cm³/mol. The van der Waals surface area contributed by atoms with E-state index in [9.17, 15) is 4.79 Å². The second-order valence-electron chi connectivity index (χ2n) is 8.24. The minimum atomic E-state index is -0.291. The van der Waals surface area contributed by atoms with Crippen LogP contribution in [0.4, 0.5) is 0 Å². The van der Waals surface area contributed by atoms with Crippen LogP contribution in [0, 0.1) is 5.41 Å². The lowest BCUT2D eigenvalue weighted by Gasteiger charge is -2.70. The standard InChI is InChI=1S/C19H24N2O/c1-17-11-20-13-18(16(17)22,15-7-3-2-4-8-15)14-21(12-17)19(20)9-5-6-10-19/h2-4,7-8H,5-6,9-14H2,1H3. The second kappa shape index (κ2) is 4.01. The lowest BCUT2D eigenvalue weighted by atomic mass is 9.57. The molecular formula is C19H24N2O. The van der Waals surface area contributed by atoms with Crippen molar-refractivity contribution in [2.75, 3.05) is 26.2 Å². The van der Waals surface area contributed by atoms with Gasteiger partial charge in [0.1, 0.15) is 0 Å². The van der Waals surface area contributed by atoms with Crippen LogP contribution < -0.4 is 0 Å². The number of nitrogens with zero attached hydrogens (tertiary/aromatic N) is 2. The monoisotopic (exact) mass is 296 g/mol. The van der Waals surface area contributed by atoms with Crippen molar-refractivity contribution in [1.29, 1.82) is 0 Å². The maximum Gasteiger partial charge on any atom is 0.154 e. The third-order valence-electron chi connectivity index (χ3n) is 6.89. The van der Waals surface area contributed by atoms with Crippen LogP contribution in [0.1, 0.15) is 38.2 Å². The van der Waals surface area contributed by atoms with Gasteiger partial charge in [0.15, 0.2) is 5.78 Å². The molecule has 4 bridgehead atoms. The van der Waals surface area contributed by atoms with Gasteiger partial charge in [0.05, 0.1) is 16.5 Å². The van der Waals surface area contributed by atoms with E-state index in [2.05, 4.69) is 47.1 Å². The van der Waals surface area contributed by atoms with Crippen molar-refractivity contribution in [3.63, 3.8) is 0 Å². The van der Waals surface area contributed by atoms with Gasteiger partial charge in [-0.2, -0.15) is 0 Å². The molecule has 4 heterocycles. The van der Waals surface area contributed by atoms with E-state index in [-0.39, 0.29) is 16.5 Å². The highest BCUT2D eigenvalue weighted by Gasteiger charge is 2.68. The number of hydrogen-bond acceptors (Lipinski definition) is 3. The molecule has 1 aromatic carbocycles. The third-order valence-corrected chi connectivity index (χ3v) is 6.89. The van der Waals surface area contributed by atoms with Crippen molar-refractivity contribution < 1.29 is 4.79 Å². The molecule has 1 aliphatic carbocycles. The van der Waals surface area contributed by atoms with Crippen molar-refractivity contribution >= 4 is 5.78 Å². The predicted octanol–water partition coefficient (Wildman–Crippen LogP) is 2.41. The summed E-state index contributed by atoms with van der Waals surface area (Å²) in [7, 11) is 0. The fraction of sp³-hybridized carbons (Fsp3) is 0.632. The third kappa shape index (κ3) is 1.38. The van der Waals surface area contributed by atoms with E-state index in [0.717, 1.165) is 26.2 Å². The average molecular weight is 296 g/mol. The van der Waals surface area contributed by atoms with Gasteiger partial charge in [-0.1, -0.05) is 50.1 Å². The number of ketones is 1. The summed E-state index contributed by atoms with van der Waals surface area (Å²) in [6.07, 6.45) is 5.27. The Hall–Kier alpha value is -1.19. The highest BCUT2D eigenvalue weighted by atomic mass is 16.1. The lowest BCUT2D eigenvalue weighted by Crippen LogP contribution is -2.84. The number of hydrogen-bond donors (Lipinski definition) is 0. The molecule has 1 saturated carbocycles. The van der Waals surface area contributed by atoms with Crippen molar-refractivity contribution in [2.24, 2.45) is 5.41 Å². The molecule has 3 heteroatoms. The van der Waals surface area contributed by atoms with E-state index in [4.69, 9.17) is 0 Å². The van der Waals surface area contributed by atoms with E-state index in [0.29, 0.717) is 5.78 Å². The van der Waals surface area contributed by atoms with Crippen LogP contribution in [-0.4, -0.2) is 47.4 Å². The number of carbonyl (C=O) groups excluding carboxylic acids is 1.